The van der Waals surface area contributed by atoms with Crippen LogP contribution in [-0.2, 0) is 4.79 Å². The molecule has 0 aliphatic carbocycles. The first-order valence-corrected chi connectivity index (χ1v) is 3.00. The van der Waals surface area contributed by atoms with Crippen LogP contribution < -0.4 is 5.73 Å². The van der Waals surface area contributed by atoms with Gasteiger partial charge in [-0.25, -0.2) is 0 Å². The molecule has 1 amide bonds. The number of amides is 1. The van der Waals surface area contributed by atoms with Crippen LogP contribution in [-0.4, -0.2) is 22.5 Å². The molecule has 64 valence electrons. The van der Waals surface area contributed by atoms with E-state index in [1.807, 2.05) is 0 Å². The summed E-state index contributed by atoms with van der Waals surface area (Å²) in [6.45, 7) is -0.250. The summed E-state index contributed by atoms with van der Waals surface area (Å²) in [5.41, 5.74) is 5.44. The van der Waals surface area contributed by atoms with Crippen LogP contribution in [0.5, 0.6) is 0 Å². The lowest BCUT2D eigenvalue weighted by Crippen LogP contribution is -2.10. The fraction of sp³-hybridized carbons (Fsp3) is 0. The summed E-state index contributed by atoms with van der Waals surface area (Å²) >= 11 is 0. The van der Waals surface area contributed by atoms with Crippen molar-refractivity contribution in [2.24, 2.45) is 5.73 Å². The third kappa shape index (κ3) is 3.99. The molecular formula is C7H8N2O3. The van der Waals surface area contributed by atoms with Crippen molar-refractivity contribution in [2.75, 3.05) is 0 Å². The van der Waals surface area contributed by atoms with E-state index in [2.05, 4.69) is 4.98 Å². The smallest absolute Gasteiger partial charge is 0.290 e. The fourth-order valence-electron chi connectivity index (χ4n) is 0.516. The van der Waals surface area contributed by atoms with E-state index in [0.717, 1.165) is 0 Å². The van der Waals surface area contributed by atoms with Crippen molar-refractivity contribution in [1.29, 1.82) is 0 Å². The molecule has 0 spiro atoms. The second kappa shape index (κ2) is 5.84. The van der Waals surface area contributed by atoms with E-state index >= 15 is 0 Å². The molecule has 0 fully saturated rings. The maximum atomic E-state index is 10.4. The molecule has 0 saturated heterocycles. The number of primary amides is 1. The van der Waals surface area contributed by atoms with Crippen LogP contribution >= 0.6 is 0 Å². The predicted octanol–water partition coefficient (Wildman–Crippen LogP) is -0.119. The molecule has 0 bridgehead atoms. The number of nitrogens with zero attached hydrogens (tertiary/aromatic N) is 1. The van der Waals surface area contributed by atoms with Gasteiger partial charge in [0.25, 0.3) is 6.47 Å². The molecule has 1 heterocycles. The van der Waals surface area contributed by atoms with Gasteiger partial charge in [-0.3, -0.25) is 14.6 Å². The van der Waals surface area contributed by atoms with Gasteiger partial charge in [0.15, 0.2) is 0 Å². The standard InChI is InChI=1S/C6H6N2O.CH2O2/c7-6(9)5-1-3-8-4-2-5;2-1-3/h1-4H,(H2,7,9);1H,(H,2,3). The summed E-state index contributed by atoms with van der Waals surface area (Å²) in [6.07, 6.45) is 3.06. The van der Waals surface area contributed by atoms with E-state index < -0.39 is 5.91 Å². The van der Waals surface area contributed by atoms with Gasteiger partial charge in [-0.05, 0) is 12.1 Å². The molecule has 0 aliphatic rings. The number of aromatic nitrogens is 1. The molecule has 0 unspecified atom stereocenters. The lowest BCUT2D eigenvalue weighted by atomic mass is 10.3. The van der Waals surface area contributed by atoms with E-state index in [9.17, 15) is 4.79 Å². The SMILES string of the molecule is NC(=O)c1ccncc1.O=CO. The number of rotatable bonds is 1. The van der Waals surface area contributed by atoms with Crippen molar-refractivity contribution in [3.05, 3.63) is 30.1 Å². The van der Waals surface area contributed by atoms with Crippen molar-refractivity contribution < 1.29 is 14.7 Å². The van der Waals surface area contributed by atoms with Crippen LogP contribution in [0, 0.1) is 0 Å². The molecule has 0 saturated carbocycles. The lowest BCUT2D eigenvalue weighted by Gasteiger charge is -1.88. The van der Waals surface area contributed by atoms with Gasteiger partial charge >= 0.3 is 0 Å². The van der Waals surface area contributed by atoms with Gasteiger partial charge in [-0.15, -0.1) is 0 Å². The van der Waals surface area contributed by atoms with E-state index in [1.165, 1.54) is 12.4 Å². The second-order valence-corrected chi connectivity index (χ2v) is 1.71. The van der Waals surface area contributed by atoms with Crippen molar-refractivity contribution in [2.45, 2.75) is 0 Å². The minimum atomic E-state index is -0.419. The first kappa shape index (κ1) is 10.1. The Morgan fingerprint density at radius 1 is 1.50 bits per heavy atom. The Hall–Kier alpha value is -1.91. The summed E-state index contributed by atoms with van der Waals surface area (Å²) in [5, 5.41) is 6.89. The Labute approximate surface area is 68.8 Å². The van der Waals surface area contributed by atoms with Crippen molar-refractivity contribution >= 4 is 12.4 Å². The Bertz CT molecular complexity index is 248. The molecule has 1 rings (SSSR count). The number of hydrogen-bond acceptors (Lipinski definition) is 3. The van der Waals surface area contributed by atoms with Gasteiger partial charge in [0.1, 0.15) is 0 Å². The van der Waals surface area contributed by atoms with Gasteiger partial charge in [0.05, 0.1) is 0 Å². The summed E-state index contributed by atoms with van der Waals surface area (Å²) in [7, 11) is 0. The Balaban J connectivity index is 0.000000354. The Morgan fingerprint density at radius 3 is 2.17 bits per heavy atom. The summed E-state index contributed by atoms with van der Waals surface area (Å²) in [4.78, 5) is 22.5. The first-order valence-electron chi connectivity index (χ1n) is 3.00. The lowest BCUT2D eigenvalue weighted by molar-refractivity contribution is -0.122. The average Bonchev–Trinajstić information content (AvgIpc) is 2.07. The Kier molecular flexibility index (Phi) is 4.91. The fourth-order valence-corrected chi connectivity index (χ4v) is 0.516. The number of hydrogen-bond donors (Lipinski definition) is 2. The second-order valence-electron chi connectivity index (χ2n) is 1.71. The molecule has 0 radical (unpaired) electrons. The van der Waals surface area contributed by atoms with Gasteiger partial charge in [-0.1, -0.05) is 0 Å². The van der Waals surface area contributed by atoms with Gasteiger partial charge < -0.3 is 10.8 Å². The maximum Gasteiger partial charge on any atom is 0.290 e. The minimum Gasteiger partial charge on any atom is -0.483 e. The van der Waals surface area contributed by atoms with Crippen molar-refractivity contribution in [3.63, 3.8) is 0 Å². The first-order chi connectivity index (χ1) is 5.72. The normalized spacial score (nSPS) is 7.67. The molecule has 0 aliphatic heterocycles. The molecule has 0 atom stereocenters. The monoisotopic (exact) mass is 168 g/mol. The zero-order valence-corrected chi connectivity index (χ0v) is 6.18. The molecule has 0 aromatic carbocycles. The quantitative estimate of drug-likeness (QED) is 0.571. The number of carboxylic acid groups (broad SMARTS) is 1. The topological polar surface area (TPSA) is 93.3 Å². The van der Waals surface area contributed by atoms with Crippen molar-refractivity contribution in [1.82, 2.24) is 4.98 Å². The minimum absolute atomic E-state index is 0.250. The number of carbonyl (C=O) groups excluding carboxylic acids is 1. The molecule has 1 aromatic rings. The third-order valence-corrected chi connectivity index (χ3v) is 0.965. The molecular weight excluding hydrogens is 160 g/mol. The molecule has 1 aromatic heterocycles. The van der Waals surface area contributed by atoms with E-state index in [4.69, 9.17) is 15.6 Å². The van der Waals surface area contributed by atoms with Crippen LogP contribution in [0.25, 0.3) is 0 Å². The number of carbonyl (C=O) groups is 2. The summed E-state index contributed by atoms with van der Waals surface area (Å²) in [6, 6.07) is 3.14. The molecule has 5 heteroatoms. The van der Waals surface area contributed by atoms with Crippen molar-refractivity contribution in [3.8, 4) is 0 Å². The van der Waals surface area contributed by atoms with E-state index in [-0.39, 0.29) is 6.47 Å². The summed E-state index contributed by atoms with van der Waals surface area (Å²) < 4.78 is 0. The highest BCUT2D eigenvalue weighted by molar-refractivity contribution is 5.92. The Morgan fingerprint density at radius 2 is 1.92 bits per heavy atom. The van der Waals surface area contributed by atoms with Crippen LogP contribution in [0.2, 0.25) is 0 Å². The third-order valence-electron chi connectivity index (χ3n) is 0.965. The maximum absolute atomic E-state index is 10.4. The van der Waals surface area contributed by atoms with Crippen LogP contribution in [0.15, 0.2) is 24.5 Å². The molecule has 12 heavy (non-hydrogen) atoms. The van der Waals surface area contributed by atoms with Gasteiger partial charge in [-0.2, -0.15) is 0 Å². The van der Waals surface area contributed by atoms with Crippen LogP contribution in [0.1, 0.15) is 10.4 Å². The highest BCUT2D eigenvalue weighted by atomic mass is 16.3. The molecule has 3 N–H and O–H groups in total. The highest BCUT2D eigenvalue weighted by Gasteiger charge is 1.94. The highest BCUT2D eigenvalue weighted by Crippen LogP contribution is 1.91. The van der Waals surface area contributed by atoms with Crippen LogP contribution in [0.3, 0.4) is 0 Å². The largest absolute Gasteiger partial charge is 0.483 e. The van der Waals surface area contributed by atoms with E-state index in [0.29, 0.717) is 5.56 Å². The summed E-state index contributed by atoms with van der Waals surface area (Å²) in [5.74, 6) is -0.419. The zero-order chi connectivity index (χ0) is 9.40. The number of pyridine rings is 1. The van der Waals surface area contributed by atoms with Gasteiger partial charge in [0, 0.05) is 18.0 Å². The zero-order valence-electron chi connectivity index (χ0n) is 6.18. The molecule has 5 nitrogen and oxygen atoms in total. The number of nitrogens with two attached hydrogens (primary N) is 1. The van der Waals surface area contributed by atoms with Crippen LogP contribution in [0.4, 0.5) is 0 Å². The predicted molar refractivity (Wildman–Crippen MR) is 41.4 cm³/mol. The average molecular weight is 168 g/mol. The van der Waals surface area contributed by atoms with Gasteiger partial charge in [0.2, 0.25) is 5.91 Å². The van der Waals surface area contributed by atoms with E-state index in [1.54, 1.807) is 12.1 Å².